The van der Waals surface area contributed by atoms with Crippen LogP contribution in [-0.2, 0) is 6.54 Å². The van der Waals surface area contributed by atoms with Crippen molar-refractivity contribution in [2.75, 3.05) is 11.9 Å². The number of imidazole rings is 1. The highest BCUT2D eigenvalue weighted by Gasteiger charge is 2.12. The first-order valence-corrected chi connectivity index (χ1v) is 8.29. The van der Waals surface area contributed by atoms with Crippen molar-refractivity contribution in [2.45, 2.75) is 13.5 Å². The van der Waals surface area contributed by atoms with Crippen LogP contribution < -0.4 is 5.32 Å². The minimum atomic E-state index is 0.445. The summed E-state index contributed by atoms with van der Waals surface area (Å²) in [6.45, 7) is 3.22. The van der Waals surface area contributed by atoms with Crippen LogP contribution in [0, 0.1) is 0 Å². The fourth-order valence-electron chi connectivity index (χ4n) is 2.56. The van der Waals surface area contributed by atoms with Crippen molar-refractivity contribution in [3.8, 4) is 22.8 Å². The van der Waals surface area contributed by atoms with Crippen molar-refractivity contribution >= 4 is 5.95 Å². The quantitative estimate of drug-likeness (QED) is 0.573. The third kappa shape index (κ3) is 3.30. The average Bonchev–Trinajstić information content (AvgIpc) is 3.34. The SMILES string of the molecule is CCNc1ncc(-c2nccn2Cc2noc(-c3ccccc3)n2)cn1. The second-order valence-corrected chi connectivity index (χ2v) is 5.59. The van der Waals surface area contributed by atoms with Crippen LogP contribution >= 0.6 is 0 Å². The van der Waals surface area contributed by atoms with Gasteiger partial charge in [-0.3, -0.25) is 0 Å². The summed E-state index contributed by atoms with van der Waals surface area (Å²) in [7, 11) is 0. The molecule has 26 heavy (non-hydrogen) atoms. The Labute approximate surface area is 150 Å². The van der Waals surface area contributed by atoms with Crippen LogP contribution in [0.1, 0.15) is 12.7 Å². The van der Waals surface area contributed by atoms with Gasteiger partial charge in [0.05, 0.1) is 12.1 Å². The molecule has 4 rings (SSSR count). The molecule has 0 saturated carbocycles. The van der Waals surface area contributed by atoms with Gasteiger partial charge >= 0.3 is 0 Å². The largest absolute Gasteiger partial charge is 0.355 e. The fraction of sp³-hybridized carbons (Fsp3) is 0.167. The summed E-state index contributed by atoms with van der Waals surface area (Å²) in [6.07, 6.45) is 7.09. The lowest BCUT2D eigenvalue weighted by Crippen LogP contribution is -2.05. The van der Waals surface area contributed by atoms with E-state index in [1.165, 1.54) is 0 Å². The van der Waals surface area contributed by atoms with Gasteiger partial charge in [0.15, 0.2) is 5.82 Å². The van der Waals surface area contributed by atoms with E-state index in [1.54, 1.807) is 18.6 Å². The summed E-state index contributed by atoms with van der Waals surface area (Å²) in [4.78, 5) is 17.4. The van der Waals surface area contributed by atoms with Crippen LogP contribution in [-0.4, -0.2) is 36.2 Å². The lowest BCUT2D eigenvalue weighted by atomic mass is 10.2. The van der Waals surface area contributed by atoms with Gasteiger partial charge in [-0.15, -0.1) is 0 Å². The highest BCUT2D eigenvalue weighted by molar-refractivity contribution is 5.54. The Bertz CT molecular complexity index is 976. The molecule has 0 aliphatic carbocycles. The van der Waals surface area contributed by atoms with E-state index in [0.717, 1.165) is 23.5 Å². The summed E-state index contributed by atoms with van der Waals surface area (Å²) in [6, 6.07) is 9.68. The Morgan fingerprint density at radius 2 is 1.85 bits per heavy atom. The molecular formula is C18H17N7O. The summed E-state index contributed by atoms with van der Waals surface area (Å²) >= 11 is 0. The van der Waals surface area contributed by atoms with E-state index in [9.17, 15) is 0 Å². The molecule has 0 saturated heterocycles. The first-order chi connectivity index (χ1) is 12.8. The molecule has 0 spiro atoms. The zero-order valence-corrected chi connectivity index (χ0v) is 14.2. The molecule has 130 valence electrons. The predicted molar refractivity (Wildman–Crippen MR) is 96.3 cm³/mol. The van der Waals surface area contributed by atoms with Crippen LogP contribution in [0.5, 0.6) is 0 Å². The number of hydrogen-bond donors (Lipinski definition) is 1. The standard InChI is InChI=1S/C18H17N7O/c1-2-19-18-21-10-14(11-22-18)16-20-8-9-25(16)12-15-23-17(26-24-15)13-6-4-3-5-7-13/h3-11H,2,12H2,1H3,(H,19,21,22). The molecule has 0 bridgehead atoms. The van der Waals surface area contributed by atoms with E-state index in [1.807, 2.05) is 48.0 Å². The molecule has 1 aromatic carbocycles. The predicted octanol–water partition coefficient (Wildman–Crippen LogP) is 2.87. The zero-order chi connectivity index (χ0) is 17.8. The smallest absolute Gasteiger partial charge is 0.257 e. The van der Waals surface area contributed by atoms with Crippen molar-refractivity contribution < 1.29 is 4.52 Å². The molecule has 8 heteroatoms. The van der Waals surface area contributed by atoms with E-state index in [2.05, 4.69) is 30.4 Å². The number of nitrogens with zero attached hydrogens (tertiary/aromatic N) is 6. The minimum absolute atomic E-state index is 0.445. The molecule has 0 unspecified atom stereocenters. The van der Waals surface area contributed by atoms with E-state index in [4.69, 9.17) is 4.52 Å². The summed E-state index contributed by atoms with van der Waals surface area (Å²) < 4.78 is 7.30. The van der Waals surface area contributed by atoms with Gasteiger partial charge in [-0.25, -0.2) is 15.0 Å². The molecule has 8 nitrogen and oxygen atoms in total. The van der Waals surface area contributed by atoms with E-state index < -0.39 is 0 Å². The van der Waals surface area contributed by atoms with Crippen LogP contribution in [0.25, 0.3) is 22.8 Å². The maximum Gasteiger partial charge on any atom is 0.257 e. The fourth-order valence-corrected chi connectivity index (χ4v) is 2.56. The number of hydrogen-bond acceptors (Lipinski definition) is 7. The van der Waals surface area contributed by atoms with Gasteiger partial charge in [-0.05, 0) is 19.1 Å². The van der Waals surface area contributed by atoms with Crippen LogP contribution in [0.3, 0.4) is 0 Å². The molecule has 0 radical (unpaired) electrons. The first-order valence-electron chi connectivity index (χ1n) is 8.29. The maximum atomic E-state index is 5.36. The molecule has 0 aliphatic heterocycles. The van der Waals surface area contributed by atoms with E-state index >= 15 is 0 Å². The Hall–Kier alpha value is -3.55. The third-order valence-corrected chi connectivity index (χ3v) is 3.76. The molecule has 3 heterocycles. The number of nitrogens with one attached hydrogen (secondary N) is 1. The van der Waals surface area contributed by atoms with Gasteiger partial charge < -0.3 is 14.4 Å². The Balaban J connectivity index is 1.55. The topological polar surface area (TPSA) is 94.6 Å². The normalized spacial score (nSPS) is 10.8. The highest BCUT2D eigenvalue weighted by Crippen LogP contribution is 2.19. The number of aromatic nitrogens is 6. The van der Waals surface area contributed by atoms with Gasteiger partial charge in [0, 0.05) is 36.9 Å². The second kappa shape index (κ2) is 7.14. The first kappa shape index (κ1) is 15.9. The minimum Gasteiger partial charge on any atom is -0.355 e. The Kier molecular flexibility index (Phi) is 4.38. The van der Waals surface area contributed by atoms with Crippen molar-refractivity contribution in [2.24, 2.45) is 0 Å². The third-order valence-electron chi connectivity index (χ3n) is 3.76. The molecule has 4 aromatic rings. The van der Waals surface area contributed by atoms with Gasteiger partial charge in [-0.2, -0.15) is 4.98 Å². The molecular weight excluding hydrogens is 330 g/mol. The number of rotatable bonds is 6. The van der Waals surface area contributed by atoms with Crippen molar-refractivity contribution in [1.29, 1.82) is 0 Å². The Morgan fingerprint density at radius 3 is 2.62 bits per heavy atom. The summed E-state index contributed by atoms with van der Waals surface area (Å²) in [5.41, 5.74) is 1.72. The number of anilines is 1. The van der Waals surface area contributed by atoms with Gasteiger partial charge in [0.1, 0.15) is 5.82 Å². The lowest BCUT2D eigenvalue weighted by Gasteiger charge is -2.06. The summed E-state index contributed by atoms with van der Waals surface area (Å²) in [5, 5.41) is 7.14. The maximum absolute atomic E-state index is 5.36. The Morgan fingerprint density at radius 1 is 1.04 bits per heavy atom. The summed E-state index contributed by atoms with van der Waals surface area (Å²) in [5.74, 6) is 2.42. The number of benzene rings is 1. The van der Waals surface area contributed by atoms with Crippen molar-refractivity contribution in [3.05, 3.63) is 60.9 Å². The second-order valence-electron chi connectivity index (χ2n) is 5.59. The lowest BCUT2D eigenvalue weighted by molar-refractivity contribution is 0.420. The molecule has 0 fully saturated rings. The van der Waals surface area contributed by atoms with E-state index in [0.29, 0.717) is 24.2 Å². The van der Waals surface area contributed by atoms with Crippen LogP contribution in [0.4, 0.5) is 5.95 Å². The van der Waals surface area contributed by atoms with Gasteiger partial charge in [0.25, 0.3) is 5.89 Å². The highest BCUT2D eigenvalue weighted by atomic mass is 16.5. The van der Waals surface area contributed by atoms with Crippen LogP contribution in [0.2, 0.25) is 0 Å². The van der Waals surface area contributed by atoms with Crippen molar-refractivity contribution in [3.63, 3.8) is 0 Å². The van der Waals surface area contributed by atoms with E-state index in [-0.39, 0.29) is 0 Å². The molecule has 1 N–H and O–H groups in total. The molecule has 3 aromatic heterocycles. The monoisotopic (exact) mass is 347 g/mol. The average molecular weight is 347 g/mol. The molecule has 0 atom stereocenters. The van der Waals surface area contributed by atoms with Gasteiger partial charge in [0.2, 0.25) is 5.95 Å². The molecule has 0 amide bonds. The van der Waals surface area contributed by atoms with Gasteiger partial charge in [-0.1, -0.05) is 23.4 Å². The molecule has 0 aliphatic rings. The van der Waals surface area contributed by atoms with Crippen LogP contribution in [0.15, 0.2) is 59.6 Å². The zero-order valence-electron chi connectivity index (χ0n) is 14.2. The van der Waals surface area contributed by atoms with Crippen molar-refractivity contribution in [1.82, 2.24) is 29.7 Å².